The van der Waals surface area contributed by atoms with E-state index in [2.05, 4.69) is 5.32 Å². The number of anilines is 2. The summed E-state index contributed by atoms with van der Waals surface area (Å²) in [5, 5.41) is 2.73. The fourth-order valence-electron chi connectivity index (χ4n) is 2.99. The molecule has 3 aromatic carbocycles. The van der Waals surface area contributed by atoms with Gasteiger partial charge in [-0.05, 0) is 67.1 Å². The molecular weight excluding hydrogens is 412 g/mol. The van der Waals surface area contributed by atoms with Crippen LogP contribution in [0.4, 0.5) is 11.4 Å². The minimum Gasteiger partial charge on any atom is -0.497 e. The lowest BCUT2D eigenvalue weighted by atomic mass is 10.2. The zero-order valence-electron chi connectivity index (χ0n) is 17.4. The lowest BCUT2D eigenvalue weighted by Gasteiger charge is -2.23. The second kappa shape index (κ2) is 9.95. The molecule has 0 saturated heterocycles. The standard InChI is InChI=1S/C24H24N2O4S/c1-3-26(21-7-5-4-6-8-21)31(28,29)23-16-12-20(13-17-23)25-24(27)18-11-19-9-14-22(30-2)15-10-19/h4-18H,3H2,1-2H3,(H,25,27)/b18-11+. The molecule has 0 radical (unpaired) electrons. The molecule has 0 unspecified atom stereocenters. The Morgan fingerprint density at radius 2 is 1.61 bits per heavy atom. The SMILES string of the molecule is CCN(c1ccccc1)S(=O)(=O)c1ccc(NC(=O)/C=C/c2ccc(OC)cc2)cc1. The van der Waals surface area contributed by atoms with Gasteiger partial charge in [0.15, 0.2) is 0 Å². The van der Waals surface area contributed by atoms with Gasteiger partial charge < -0.3 is 10.1 Å². The third-order valence-corrected chi connectivity index (χ3v) is 6.50. The Morgan fingerprint density at radius 3 is 2.19 bits per heavy atom. The number of methoxy groups -OCH3 is 1. The van der Waals surface area contributed by atoms with Crippen molar-refractivity contribution >= 4 is 33.4 Å². The number of hydrogen-bond donors (Lipinski definition) is 1. The Morgan fingerprint density at radius 1 is 0.968 bits per heavy atom. The van der Waals surface area contributed by atoms with Crippen molar-refractivity contribution in [2.75, 3.05) is 23.3 Å². The van der Waals surface area contributed by atoms with Crippen LogP contribution in [0.2, 0.25) is 0 Å². The number of nitrogens with zero attached hydrogens (tertiary/aromatic N) is 1. The Balaban J connectivity index is 1.69. The Hall–Kier alpha value is -3.58. The van der Waals surface area contributed by atoms with E-state index in [0.29, 0.717) is 17.9 Å². The molecule has 0 saturated carbocycles. The minimum absolute atomic E-state index is 0.157. The Bertz CT molecular complexity index is 1140. The fraction of sp³-hybridized carbons (Fsp3) is 0.125. The van der Waals surface area contributed by atoms with Crippen molar-refractivity contribution < 1.29 is 17.9 Å². The normalized spacial score (nSPS) is 11.3. The lowest BCUT2D eigenvalue weighted by Crippen LogP contribution is -2.30. The van der Waals surface area contributed by atoms with Crippen LogP contribution in [-0.4, -0.2) is 28.0 Å². The maximum atomic E-state index is 13.0. The van der Waals surface area contributed by atoms with Gasteiger partial charge in [-0.1, -0.05) is 30.3 Å². The fourth-order valence-corrected chi connectivity index (χ4v) is 4.47. The number of nitrogens with one attached hydrogen (secondary N) is 1. The summed E-state index contributed by atoms with van der Waals surface area (Å²) in [6, 6.07) is 22.4. The summed E-state index contributed by atoms with van der Waals surface area (Å²) in [5.74, 6) is 0.427. The average Bonchev–Trinajstić information content (AvgIpc) is 2.79. The highest BCUT2D eigenvalue weighted by Gasteiger charge is 2.23. The van der Waals surface area contributed by atoms with Crippen LogP contribution in [0.15, 0.2) is 89.8 Å². The monoisotopic (exact) mass is 436 g/mol. The highest BCUT2D eigenvalue weighted by molar-refractivity contribution is 7.92. The summed E-state index contributed by atoms with van der Waals surface area (Å²) in [4.78, 5) is 12.3. The molecule has 1 N–H and O–H groups in total. The van der Waals surface area contributed by atoms with Crippen LogP contribution >= 0.6 is 0 Å². The number of sulfonamides is 1. The molecule has 0 bridgehead atoms. The molecule has 0 aromatic heterocycles. The smallest absolute Gasteiger partial charge is 0.264 e. The van der Waals surface area contributed by atoms with Crippen molar-refractivity contribution in [1.29, 1.82) is 0 Å². The summed E-state index contributed by atoms with van der Waals surface area (Å²) in [7, 11) is -2.11. The van der Waals surface area contributed by atoms with Crippen LogP contribution in [0.25, 0.3) is 6.08 Å². The molecule has 6 nitrogen and oxygen atoms in total. The largest absolute Gasteiger partial charge is 0.497 e. The second-order valence-electron chi connectivity index (χ2n) is 6.63. The van der Waals surface area contributed by atoms with Gasteiger partial charge in [0, 0.05) is 18.3 Å². The van der Waals surface area contributed by atoms with E-state index in [4.69, 9.17) is 4.74 Å². The molecule has 7 heteroatoms. The molecule has 0 aliphatic carbocycles. The number of benzene rings is 3. The molecule has 1 amide bonds. The lowest BCUT2D eigenvalue weighted by molar-refractivity contribution is -0.111. The molecule has 0 atom stereocenters. The molecule has 0 heterocycles. The number of hydrogen-bond acceptors (Lipinski definition) is 4. The van der Waals surface area contributed by atoms with Gasteiger partial charge in [0.05, 0.1) is 17.7 Å². The van der Waals surface area contributed by atoms with Crippen molar-refractivity contribution in [1.82, 2.24) is 0 Å². The van der Waals surface area contributed by atoms with Crippen LogP contribution in [0.3, 0.4) is 0 Å². The van der Waals surface area contributed by atoms with Crippen LogP contribution in [0.5, 0.6) is 5.75 Å². The number of carbonyl (C=O) groups is 1. The maximum absolute atomic E-state index is 13.0. The number of amides is 1. The summed E-state index contributed by atoms with van der Waals surface area (Å²) in [6.07, 6.45) is 3.10. The first-order valence-electron chi connectivity index (χ1n) is 9.75. The maximum Gasteiger partial charge on any atom is 0.264 e. The van der Waals surface area contributed by atoms with E-state index in [9.17, 15) is 13.2 Å². The van der Waals surface area contributed by atoms with Crippen molar-refractivity contribution in [2.45, 2.75) is 11.8 Å². The van der Waals surface area contributed by atoms with Gasteiger partial charge in [-0.3, -0.25) is 9.10 Å². The van der Waals surface area contributed by atoms with Gasteiger partial charge in [-0.25, -0.2) is 8.42 Å². The van der Waals surface area contributed by atoms with Crippen LogP contribution < -0.4 is 14.4 Å². The second-order valence-corrected chi connectivity index (χ2v) is 8.49. The molecule has 3 aromatic rings. The van der Waals surface area contributed by atoms with Crippen molar-refractivity contribution in [3.05, 3.63) is 90.5 Å². The van der Waals surface area contributed by atoms with E-state index >= 15 is 0 Å². The molecule has 0 spiro atoms. The summed E-state index contributed by atoms with van der Waals surface area (Å²) in [5.41, 5.74) is 1.97. The first-order chi connectivity index (χ1) is 14.9. The topological polar surface area (TPSA) is 75.7 Å². The first-order valence-corrected chi connectivity index (χ1v) is 11.2. The molecular formula is C24H24N2O4S. The molecule has 0 fully saturated rings. The predicted octanol–water partition coefficient (Wildman–Crippen LogP) is 4.56. The van der Waals surface area contributed by atoms with Crippen molar-refractivity contribution in [3.8, 4) is 5.75 Å². The zero-order valence-corrected chi connectivity index (χ0v) is 18.2. The van der Waals surface area contributed by atoms with Crippen molar-refractivity contribution in [3.63, 3.8) is 0 Å². The van der Waals surface area contributed by atoms with E-state index in [1.54, 1.807) is 56.5 Å². The van der Waals surface area contributed by atoms with Gasteiger partial charge >= 0.3 is 0 Å². The average molecular weight is 437 g/mol. The van der Waals surface area contributed by atoms with Gasteiger partial charge in [-0.2, -0.15) is 0 Å². The van der Waals surface area contributed by atoms with Gasteiger partial charge in [-0.15, -0.1) is 0 Å². The highest BCUT2D eigenvalue weighted by atomic mass is 32.2. The van der Waals surface area contributed by atoms with E-state index < -0.39 is 10.0 Å². The third-order valence-electron chi connectivity index (χ3n) is 4.58. The summed E-state index contributed by atoms with van der Waals surface area (Å²) in [6.45, 7) is 2.09. The first kappa shape index (κ1) is 22.1. The molecule has 0 aliphatic rings. The van der Waals surface area contributed by atoms with E-state index in [-0.39, 0.29) is 10.8 Å². The molecule has 3 rings (SSSR count). The van der Waals surface area contributed by atoms with E-state index in [1.165, 1.54) is 22.5 Å². The van der Waals surface area contributed by atoms with Gasteiger partial charge in [0.2, 0.25) is 5.91 Å². The van der Waals surface area contributed by atoms with E-state index in [1.807, 2.05) is 30.3 Å². The summed E-state index contributed by atoms with van der Waals surface area (Å²) < 4.78 is 32.5. The van der Waals surface area contributed by atoms with Gasteiger partial charge in [0.1, 0.15) is 5.75 Å². The number of para-hydroxylation sites is 1. The quantitative estimate of drug-likeness (QED) is 0.525. The number of ether oxygens (including phenoxy) is 1. The van der Waals surface area contributed by atoms with E-state index in [0.717, 1.165) is 11.3 Å². The van der Waals surface area contributed by atoms with Crippen LogP contribution in [0, 0.1) is 0 Å². The number of carbonyl (C=O) groups excluding carboxylic acids is 1. The Kier molecular flexibility index (Phi) is 7.10. The van der Waals surface area contributed by atoms with Crippen LogP contribution in [-0.2, 0) is 14.8 Å². The minimum atomic E-state index is -3.71. The molecule has 31 heavy (non-hydrogen) atoms. The Labute approximate surface area is 182 Å². The highest BCUT2D eigenvalue weighted by Crippen LogP contribution is 2.24. The predicted molar refractivity (Wildman–Crippen MR) is 124 cm³/mol. The molecule has 160 valence electrons. The zero-order chi connectivity index (χ0) is 22.3. The van der Waals surface area contributed by atoms with Crippen LogP contribution in [0.1, 0.15) is 12.5 Å². The molecule has 0 aliphatic heterocycles. The van der Waals surface area contributed by atoms with Crippen molar-refractivity contribution in [2.24, 2.45) is 0 Å². The van der Waals surface area contributed by atoms with Gasteiger partial charge in [0.25, 0.3) is 10.0 Å². The summed E-state index contributed by atoms with van der Waals surface area (Å²) >= 11 is 0. The number of rotatable bonds is 8. The third kappa shape index (κ3) is 5.52.